The van der Waals surface area contributed by atoms with E-state index in [4.69, 9.17) is 0 Å². The Kier molecular flexibility index (Phi) is 8.99. The first kappa shape index (κ1) is 27.2. The topological polar surface area (TPSA) is 123 Å². The third kappa shape index (κ3) is 6.90. The molecule has 1 atom stereocenters. The number of hydrogen-bond donors (Lipinski definition) is 4. The zero-order valence-corrected chi connectivity index (χ0v) is 22.1. The van der Waals surface area contributed by atoms with Gasteiger partial charge in [0.25, 0.3) is 11.8 Å². The molecule has 1 fully saturated rings. The first-order valence-electron chi connectivity index (χ1n) is 13.4. The molecular formula is C29H37N5O4. The smallest absolute Gasteiger partial charge is 0.326 e. The van der Waals surface area contributed by atoms with Crippen LogP contribution in [0.15, 0.2) is 47.5 Å². The summed E-state index contributed by atoms with van der Waals surface area (Å²) < 4.78 is 0. The standard InChI is InChI=1S/C29H37N5O4/c1-3-22-6-4-5-19(2)26(22)27(36)32-24(28(37)38)17-20-7-9-23(10-8-20)34-15-12-21(13-16-34)18-31-29-30-14-11-25(35)33-29/h4-10,21,24H,3,11-18H2,1-2H3,(H,32,36)(H,37,38)(H2,30,31,33,35). The molecule has 0 aromatic heterocycles. The zero-order valence-electron chi connectivity index (χ0n) is 22.1. The van der Waals surface area contributed by atoms with Crippen LogP contribution >= 0.6 is 0 Å². The van der Waals surface area contributed by atoms with Crippen LogP contribution < -0.4 is 20.9 Å². The van der Waals surface area contributed by atoms with Crippen molar-refractivity contribution in [2.45, 2.75) is 52.0 Å². The number of piperidine rings is 1. The number of anilines is 1. The lowest BCUT2D eigenvalue weighted by atomic mass is 9.96. The highest BCUT2D eigenvalue weighted by Crippen LogP contribution is 2.24. The monoisotopic (exact) mass is 519 g/mol. The Labute approximate surface area is 223 Å². The summed E-state index contributed by atoms with van der Waals surface area (Å²) in [6.07, 6.45) is 3.42. The highest BCUT2D eigenvalue weighted by molar-refractivity contribution is 5.99. The molecule has 2 aliphatic rings. The lowest BCUT2D eigenvalue weighted by Gasteiger charge is -2.34. The van der Waals surface area contributed by atoms with Gasteiger partial charge < -0.3 is 26.0 Å². The highest BCUT2D eigenvalue weighted by Gasteiger charge is 2.24. The first-order valence-corrected chi connectivity index (χ1v) is 13.4. The Morgan fingerprint density at radius 1 is 1.16 bits per heavy atom. The summed E-state index contributed by atoms with van der Waals surface area (Å²) in [4.78, 5) is 42.7. The number of nitrogens with one attached hydrogen (secondary N) is 3. The van der Waals surface area contributed by atoms with Crippen molar-refractivity contribution in [3.63, 3.8) is 0 Å². The molecule has 0 aliphatic carbocycles. The van der Waals surface area contributed by atoms with Crippen LogP contribution in [0.1, 0.15) is 53.2 Å². The number of benzene rings is 2. The predicted octanol–water partition coefficient (Wildman–Crippen LogP) is 2.67. The van der Waals surface area contributed by atoms with E-state index in [1.807, 2.05) is 56.3 Å². The number of hydrogen-bond acceptors (Lipinski definition) is 6. The van der Waals surface area contributed by atoms with Crippen LogP contribution in [0.3, 0.4) is 0 Å². The number of aryl methyl sites for hydroxylation is 2. The minimum Gasteiger partial charge on any atom is -0.480 e. The second-order valence-electron chi connectivity index (χ2n) is 10.0. The summed E-state index contributed by atoms with van der Waals surface area (Å²) >= 11 is 0. The Hall–Kier alpha value is -3.88. The van der Waals surface area contributed by atoms with Crippen molar-refractivity contribution in [3.8, 4) is 0 Å². The molecule has 0 bridgehead atoms. The summed E-state index contributed by atoms with van der Waals surface area (Å²) in [6, 6.07) is 12.6. The molecule has 4 N–H and O–H groups in total. The second-order valence-corrected chi connectivity index (χ2v) is 10.0. The second kappa shape index (κ2) is 12.6. The van der Waals surface area contributed by atoms with Gasteiger partial charge in [-0.3, -0.25) is 9.59 Å². The molecule has 2 aliphatic heterocycles. The molecule has 2 aromatic carbocycles. The Morgan fingerprint density at radius 3 is 2.55 bits per heavy atom. The van der Waals surface area contributed by atoms with E-state index in [1.165, 1.54) is 0 Å². The van der Waals surface area contributed by atoms with Gasteiger partial charge in [-0.05, 0) is 60.9 Å². The summed E-state index contributed by atoms with van der Waals surface area (Å²) in [5.41, 5.74) is 4.27. The van der Waals surface area contributed by atoms with Crippen molar-refractivity contribution in [3.05, 3.63) is 64.7 Å². The maximum atomic E-state index is 13.0. The van der Waals surface area contributed by atoms with Crippen molar-refractivity contribution in [1.29, 1.82) is 0 Å². The summed E-state index contributed by atoms with van der Waals surface area (Å²) in [7, 11) is 0. The average molecular weight is 520 g/mol. The number of amides is 2. The quantitative estimate of drug-likeness (QED) is 0.402. The molecule has 2 amide bonds. The third-order valence-electron chi connectivity index (χ3n) is 7.35. The average Bonchev–Trinajstić information content (AvgIpc) is 2.92. The third-order valence-corrected chi connectivity index (χ3v) is 7.35. The van der Waals surface area contributed by atoms with Gasteiger partial charge >= 0.3 is 5.97 Å². The Bertz CT molecular complexity index is 1190. The molecule has 1 unspecified atom stereocenters. The van der Waals surface area contributed by atoms with Crippen LogP contribution in [-0.2, 0) is 22.4 Å². The summed E-state index contributed by atoms with van der Waals surface area (Å²) in [5, 5.41) is 18.9. The molecule has 0 radical (unpaired) electrons. The minimum atomic E-state index is -1.05. The van der Waals surface area contributed by atoms with Gasteiger partial charge in [0.2, 0.25) is 0 Å². The highest BCUT2D eigenvalue weighted by atomic mass is 16.4. The van der Waals surface area contributed by atoms with Crippen LogP contribution in [-0.4, -0.2) is 61.1 Å². The van der Waals surface area contributed by atoms with Crippen LogP contribution in [0.5, 0.6) is 0 Å². The molecule has 4 rings (SSSR count). The number of nitrogens with zero attached hydrogens (tertiary/aromatic N) is 2. The van der Waals surface area contributed by atoms with Crippen molar-refractivity contribution in [2.24, 2.45) is 10.9 Å². The van der Waals surface area contributed by atoms with Crippen molar-refractivity contribution in [2.75, 3.05) is 31.1 Å². The molecule has 1 saturated heterocycles. The van der Waals surface area contributed by atoms with Crippen LogP contribution in [0.25, 0.3) is 0 Å². The number of carboxylic acid groups (broad SMARTS) is 1. The predicted molar refractivity (Wildman–Crippen MR) is 148 cm³/mol. The maximum Gasteiger partial charge on any atom is 0.326 e. The minimum absolute atomic E-state index is 0.0847. The fourth-order valence-electron chi connectivity index (χ4n) is 5.10. The van der Waals surface area contributed by atoms with Gasteiger partial charge in [-0.1, -0.05) is 37.3 Å². The largest absolute Gasteiger partial charge is 0.480 e. The number of rotatable bonds is 9. The van der Waals surface area contributed by atoms with Gasteiger partial charge in [-0.15, -0.1) is 0 Å². The summed E-state index contributed by atoms with van der Waals surface area (Å²) in [5.74, 6) is -0.394. The van der Waals surface area contributed by atoms with Crippen LogP contribution in [0, 0.1) is 12.8 Å². The van der Waals surface area contributed by atoms with E-state index < -0.39 is 12.0 Å². The van der Waals surface area contributed by atoms with E-state index in [1.54, 1.807) is 0 Å². The number of carbonyl (C=O) groups is 3. The Morgan fingerprint density at radius 2 is 1.89 bits per heavy atom. The molecule has 9 heteroatoms. The number of carbonyl (C=O) groups excluding carboxylic acids is 2. The van der Waals surface area contributed by atoms with E-state index in [-0.39, 0.29) is 18.2 Å². The van der Waals surface area contributed by atoms with E-state index in [0.717, 1.165) is 54.9 Å². The van der Waals surface area contributed by atoms with Gasteiger partial charge in [0.1, 0.15) is 6.04 Å². The van der Waals surface area contributed by atoms with Gasteiger partial charge in [0.15, 0.2) is 5.96 Å². The molecule has 9 nitrogen and oxygen atoms in total. The number of aliphatic carboxylic acids is 1. The van der Waals surface area contributed by atoms with Gasteiger partial charge in [-0.2, -0.15) is 4.99 Å². The molecule has 38 heavy (non-hydrogen) atoms. The fourth-order valence-corrected chi connectivity index (χ4v) is 5.10. The zero-order chi connectivity index (χ0) is 27.1. The summed E-state index contributed by atoms with van der Waals surface area (Å²) in [6.45, 7) is 7.12. The SMILES string of the molecule is CCc1cccc(C)c1C(=O)NC(Cc1ccc(N2CCC(CNC3=NC(=O)CCN3)CC2)cc1)C(=O)O. The molecule has 2 heterocycles. The number of aliphatic imine (C=N–C) groups is 1. The van der Waals surface area contributed by atoms with Crippen molar-refractivity contribution in [1.82, 2.24) is 16.0 Å². The molecule has 0 saturated carbocycles. The number of guanidine groups is 1. The molecule has 202 valence electrons. The van der Waals surface area contributed by atoms with Crippen LogP contribution in [0.2, 0.25) is 0 Å². The van der Waals surface area contributed by atoms with Gasteiger partial charge in [-0.25, -0.2) is 4.79 Å². The van der Waals surface area contributed by atoms with Gasteiger partial charge in [0, 0.05) is 50.3 Å². The lowest BCUT2D eigenvalue weighted by molar-refractivity contribution is -0.139. The van der Waals surface area contributed by atoms with E-state index in [9.17, 15) is 19.5 Å². The number of carboxylic acids is 1. The maximum absolute atomic E-state index is 13.0. The molecular weight excluding hydrogens is 482 g/mol. The first-order chi connectivity index (χ1) is 18.3. The molecule has 0 spiro atoms. The lowest BCUT2D eigenvalue weighted by Crippen LogP contribution is -2.45. The fraction of sp³-hybridized carbons (Fsp3) is 0.448. The Balaban J connectivity index is 1.30. The van der Waals surface area contributed by atoms with E-state index in [2.05, 4.69) is 25.8 Å². The van der Waals surface area contributed by atoms with Gasteiger partial charge in [0.05, 0.1) is 0 Å². The normalized spacial score (nSPS) is 16.8. The molecule has 2 aromatic rings. The van der Waals surface area contributed by atoms with E-state index in [0.29, 0.717) is 36.8 Å². The van der Waals surface area contributed by atoms with Crippen molar-refractivity contribution < 1.29 is 19.5 Å². The van der Waals surface area contributed by atoms with Crippen molar-refractivity contribution >= 4 is 29.4 Å². The van der Waals surface area contributed by atoms with E-state index >= 15 is 0 Å². The van der Waals surface area contributed by atoms with Crippen LogP contribution in [0.4, 0.5) is 5.69 Å².